The second-order valence-electron chi connectivity index (χ2n) is 8.30. The molecule has 0 aliphatic carbocycles. The highest BCUT2D eigenvalue weighted by molar-refractivity contribution is 7.92. The Balaban J connectivity index is 1.75. The minimum atomic E-state index is -3.07. The molecule has 2 unspecified atom stereocenters. The van der Waals surface area contributed by atoms with Crippen LogP contribution in [0.15, 0.2) is 35.3 Å². The molecule has 2 aliphatic rings. The van der Waals surface area contributed by atoms with Crippen molar-refractivity contribution in [1.82, 2.24) is 10.2 Å². The normalized spacial score (nSPS) is 27.4. The third-order valence-electron chi connectivity index (χ3n) is 5.73. The van der Waals surface area contributed by atoms with E-state index >= 15 is 0 Å². The van der Waals surface area contributed by atoms with Crippen LogP contribution in [0.25, 0.3) is 0 Å². The minimum Gasteiger partial charge on any atom is -0.373 e. The monoisotopic (exact) mass is 407 g/mol. The first-order valence-corrected chi connectivity index (χ1v) is 11.9. The van der Waals surface area contributed by atoms with Crippen molar-refractivity contribution in [3.63, 3.8) is 0 Å². The summed E-state index contributed by atoms with van der Waals surface area (Å²) in [6, 6.07) is 10.4. The van der Waals surface area contributed by atoms with Crippen LogP contribution >= 0.6 is 0 Å². The number of rotatable bonds is 4. The van der Waals surface area contributed by atoms with Gasteiger partial charge < -0.3 is 15.0 Å². The van der Waals surface area contributed by atoms with Crippen molar-refractivity contribution in [1.29, 1.82) is 0 Å². The first kappa shape index (κ1) is 21.1. The summed E-state index contributed by atoms with van der Waals surface area (Å²) in [5, 5.41) is 3.35. The number of aliphatic imine (C=N–C) groups is 1. The number of benzene rings is 1. The predicted molar refractivity (Wildman–Crippen MR) is 113 cm³/mol. The van der Waals surface area contributed by atoms with E-state index < -0.39 is 14.6 Å². The van der Waals surface area contributed by atoms with Crippen molar-refractivity contribution < 1.29 is 13.2 Å². The fourth-order valence-electron chi connectivity index (χ4n) is 4.00. The van der Waals surface area contributed by atoms with Crippen LogP contribution in [0.5, 0.6) is 0 Å². The van der Waals surface area contributed by atoms with E-state index in [2.05, 4.69) is 22.3 Å². The highest BCUT2D eigenvalue weighted by Gasteiger charge is 2.41. The van der Waals surface area contributed by atoms with Gasteiger partial charge in [-0.1, -0.05) is 30.3 Å². The number of ether oxygens (including phenoxy) is 1. The van der Waals surface area contributed by atoms with Crippen LogP contribution in [-0.2, 0) is 14.6 Å². The zero-order chi connectivity index (χ0) is 20.2. The summed E-state index contributed by atoms with van der Waals surface area (Å²) in [7, 11) is -3.07. The molecule has 2 fully saturated rings. The van der Waals surface area contributed by atoms with Crippen molar-refractivity contribution in [3.8, 4) is 0 Å². The van der Waals surface area contributed by atoms with Crippen LogP contribution in [0.3, 0.4) is 0 Å². The molecular weight excluding hydrogens is 374 g/mol. The summed E-state index contributed by atoms with van der Waals surface area (Å²) in [5.74, 6) is 1.30. The molecule has 0 aromatic heterocycles. The Hall–Kier alpha value is -1.60. The SMILES string of the molecule is CCNC(=NCC1CCCOC1c1ccccc1)N1CCS(=O)(=O)C(C)(C)C1. The summed E-state index contributed by atoms with van der Waals surface area (Å²) in [4.78, 5) is 7.00. The Morgan fingerprint density at radius 1 is 1.32 bits per heavy atom. The predicted octanol–water partition coefficient (Wildman–Crippen LogP) is 2.63. The average molecular weight is 408 g/mol. The van der Waals surface area contributed by atoms with Crippen LogP contribution in [0.1, 0.15) is 45.3 Å². The highest BCUT2D eigenvalue weighted by atomic mass is 32.2. The Labute approximate surface area is 169 Å². The Morgan fingerprint density at radius 2 is 2.07 bits per heavy atom. The van der Waals surface area contributed by atoms with Gasteiger partial charge in [0, 0.05) is 38.7 Å². The number of nitrogens with one attached hydrogen (secondary N) is 1. The Bertz CT molecular complexity index is 777. The molecule has 28 heavy (non-hydrogen) atoms. The first-order chi connectivity index (χ1) is 13.3. The largest absolute Gasteiger partial charge is 0.373 e. The van der Waals surface area contributed by atoms with E-state index in [0.29, 0.717) is 25.6 Å². The molecule has 2 atom stereocenters. The number of sulfone groups is 1. The van der Waals surface area contributed by atoms with Gasteiger partial charge in [-0.25, -0.2) is 8.42 Å². The minimum absolute atomic E-state index is 0.0692. The van der Waals surface area contributed by atoms with Crippen molar-refractivity contribution in [3.05, 3.63) is 35.9 Å². The second kappa shape index (κ2) is 8.82. The van der Waals surface area contributed by atoms with Gasteiger partial charge in [0.15, 0.2) is 15.8 Å². The Kier molecular flexibility index (Phi) is 6.65. The maximum Gasteiger partial charge on any atom is 0.194 e. The molecule has 1 N–H and O–H groups in total. The van der Waals surface area contributed by atoms with E-state index in [4.69, 9.17) is 9.73 Å². The van der Waals surface area contributed by atoms with Crippen LogP contribution in [-0.4, -0.2) is 62.6 Å². The summed E-state index contributed by atoms with van der Waals surface area (Å²) >= 11 is 0. The molecule has 2 heterocycles. The highest BCUT2D eigenvalue weighted by Crippen LogP contribution is 2.34. The number of hydrogen-bond acceptors (Lipinski definition) is 4. The standard InChI is InChI=1S/C21H33N3O3S/c1-4-22-20(24-12-14-28(25,26)21(2,3)16-24)23-15-18-11-8-13-27-19(18)17-9-6-5-7-10-17/h5-7,9-10,18-19H,4,8,11-16H2,1-3H3,(H,22,23). The molecule has 1 aromatic rings. The fourth-order valence-corrected chi connectivity index (χ4v) is 5.36. The summed E-state index contributed by atoms with van der Waals surface area (Å²) in [5.41, 5.74) is 1.21. The van der Waals surface area contributed by atoms with Crippen molar-refractivity contribution in [2.45, 2.75) is 44.5 Å². The third-order valence-corrected chi connectivity index (χ3v) is 8.26. The van der Waals surface area contributed by atoms with Gasteiger partial charge in [0.25, 0.3) is 0 Å². The number of nitrogens with zero attached hydrogens (tertiary/aromatic N) is 2. The smallest absolute Gasteiger partial charge is 0.194 e. The maximum atomic E-state index is 12.3. The number of guanidine groups is 1. The van der Waals surface area contributed by atoms with Gasteiger partial charge in [0.1, 0.15) is 0 Å². The van der Waals surface area contributed by atoms with Gasteiger partial charge in [0.2, 0.25) is 0 Å². The lowest BCUT2D eigenvalue weighted by molar-refractivity contribution is -0.0250. The van der Waals surface area contributed by atoms with Crippen molar-refractivity contribution in [2.24, 2.45) is 10.9 Å². The molecule has 2 aliphatic heterocycles. The van der Waals surface area contributed by atoms with Gasteiger partial charge in [-0.15, -0.1) is 0 Å². The summed E-state index contributed by atoms with van der Waals surface area (Å²) < 4.78 is 30.0. The van der Waals surface area contributed by atoms with E-state index in [1.807, 2.05) is 25.1 Å². The van der Waals surface area contributed by atoms with Crippen LogP contribution in [0.2, 0.25) is 0 Å². The van der Waals surface area contributed by atoms with Crippen molar-refractivity contribution in [2.75, 3.05) is 38.5 Å². The topological polar surface area (TPSA) is 71.0 Å². The molecule has 156 valence electrons. The fraction of sp³-hybridized carbons (Fsp3) is 0.667. The number of hydrogen-bond donors (Lipinski definition) is 1. The molecule has 0 spiro atoms. The van der Waals surface area contributed by atoms with Crippen LogP contribution in [0.4, 0.5) is 0 Å². The van der Waals surface area contributed by atoms with E-state index in [1.165, 1.54) is 5.56 Å². The molecular formula is C21H33N3O3S. The van der Waals surface area contributed by atoms with E-state index in [-0.39, 0.29) is 11.9 Å². The molecule has 2 saturated heterocycles. The van der Waals surface area contributed by atoms with Gasteiger partial charge in [-0.3, -0.25) is 4.99 Å². The van der Waals surface area contributed by atoms with Gasteiger partial charge >= 0.3 is 0 Å². The van der Waals surface area contributed by atoms with Crippen LogP contribution in [0, 0.1) is 5.92 Å². The molecule has 3 rings (SSSR count). The maximum absolute atomic E-state index is 12.3. The second-order valence-corrected chi connectivity index (χ2v) is 11.0. The van der Waals surface area contributed by atoms with Crippen molar-refractivity contribution >= 4 is 15.8 Å². The molecule has 0 saturated carbocycles. The molecule has 0 amide bonds. The first-order valence-electron chi connectivity index (χ1n) is 10.3. The molecule has 0 radical (unpaired) electrons. The summed E-state index contributed by atoms with van der Waals surface area (Å²) in [6.07, 6.45) is 2.21. The summed E-state index contributed by atoms with van der Waals surface area (Å²) in [6.45, 7) is 8.81. The average Bonchev–Trinajstić information content (AvgIpc) is 2.68. The molecule has 7 heteroatoms. The third kappa shape index (κ3) is 4.69. The molecule has 0 bridgehead atoms. The molecule has 1 aromatic carbocycles. The van der Waals surface area contributed by atoms with Crippen LogP contribution < -0.4 is 5.32 Å². The molecule has 6 nitrogen and oxygen atoms in total. The van der Waals surface area contributed by atoms with E-state index in [0.717, 1.165) is 32.0 Å². The van der Waals surface area contributed by atoms with Gasteiger partial charge in [-0.2, -0.15) is 0 Å². The van der Waals surface area contributed by atoms with Gasteiger partial charge in [0.05, 0.1) is 16.6 Å². The lowest BCUT2D eigenvalue weighted by atomic mass is 9.89. The lowest BCUT2D eigenvalue weighted by Gasteiger charge is -2.39. The lowest BCUT2D eigenvalue weighted by Crippen LogP contribution is -2.57. The quantitative estimate of drug-likeness (QED) is 0.614. The van der Waals surface area contributed by atoms with E-state index in [1.54, 1.807) is 13.8 Å². The zero-order valence-electron chi connectivity index (χ0n) is 17.2. The zero-order valence-corrected chi connectivity index (χ0v) is 18.0. The Morgan fingerprint density at radius 3 is 2.75 bits per heavy atom. The van der Waals surface area contributed by atoms with E-state index in [9.17, 15) is 8.42 Å². The van der Waals surface area contributed by atoms with Gasteiger partial charge in [-0.05, 0) is 39.2 Å².